The second kappa shape index (κ2) is 7.17. The molecule has 126 valence electrons. The number of hydrogen-bond donors (Lipinski definition) is 1. The molecule has 0 aliphatic heterocycles. The first-order chi connectivity index (χ1) is 11.4. The van der Waals surface area contributed by atoms with E-state index in [4.69, 9.17) is 4.74 Å². The van der Waals surface area contributed by atoms with Gasteiger partial charge in [0.25, 0.3) is 5.91 Å². The zero-order valence-electron chi connectivity index (χ0n) is 14.0. The van der Waals surface area contributed by atoms with Crippen LogP contribution in [0.25, 0.3) is 0 Å². The first kappa shape index (κ1) is 17.5. The Balaban J connectivity index is 2.35. The molecule has 0 spiro atoms. The van der Waals surface area contributed by atoms with Gasteiger partial charge in [-0.05, 0) is 43.7 Å². The number of methoxy groups -OCH3 is 1. The molecule has 0 unspecified atom stereocenters. The van der Waals surface area contributed by atoms with Crippen molar-refractivity contribution in [3.05, 3.63) is 65.7 Å². The van der Waals surface area contributed by atoms with Crippen LogP contribution in [0.5, 0.6) is 5.75 Å². The van der Waals surface area contributed by atoms with Gasteiger partial charge in [-0.2, -0.15) is 0 Å². The lowest BCUT2D eigenvalue weighted by molar-refractivity contribution is -0.148. The second-order valence-corrected chi connectivity index (χ2v) is 5.97. The highest BCUT2D eigenvalue weighted by molar-refractivity contribution is 5.97. The summed E-state index contributed by atoms with van der Waals surface area (Å²) >= 11 is 0. The van der Waals surface area contributed by atoms with Gasteiger partial charge in [-0.3, -0.25) is 4.79 Å². The number of carbonyl (C=O) groups excluding carboxylic acids is 1. The topological polar surface area (TPSA) is 66.8 Å². The summed E-state index contributed by atoms with van der Waals surface area (Å²) < 4.78 is 5.12. The molecule has 0 saturated carbocycles. The zero-order chi connectivity index (χ0) is 17.7. The highest BCUT2D eigenvalue weighted by Crippen LogP contribution is 2.23. The molecule has 2 rings (SSSR count). The van der Waals surface area contributed by atoms with Gasteiger partial charge in [-0.15, -0.1) is 0 Å². The summed E-state index contributed by atoms with van der Waals surface area (Å²) in [6.45, 7) is 3.25. The lowest BCUT2D eigenvalue weighted by atomic mass is 10.00. The average molecular weight is 327 g/mol. The molecule has 24 heavy (non-hydrogen) atoms. The summed E-state index contributed by atoms with van der Waals surface area (Å²) in [5.41, 5.74) is -0.0536. The molecule has 2 aromatic carbocycles. The molecule has 2 aromatic rings. The molecular weight excluding hydrogens is 306 g/mol. The van der Waals surface area contributed by atoms with E-state index in [2.05, 4.69) is 0 Å². The molecule has 0 heterocycles. The van der Waals surface area contributed by atoms with Crippen LogP contribution in [-0.2, 0) is 11.3 Å². The quantitative estimate of drug-likeness (QED) is 0.885. The number of amides is 1. The number of carboxylic acid groups (broad SMARTS) is 1. The fraction of sp³-hybridized carbons (Fsp3) is 0.263. The molecule has 0 atom stereocenters. The monoisotopic (exact) mass is 327 g/mol. The smallest absolute Gasteiger partial charge is 0.329 e. The minimum absolute atomic E-state index is 0.191. The molecule has 0 radical (unpaired) electrons. The maximum absolute atomic E-state index is 12.9. The Kier molecular flexibility index (Phi) is 5.24. The maximum Gasteiger partial charge on any atom is 0.329 e. The van der Waals surface area contributed by atoms with Crippen molar-refractivity contribution in [2.24, 2.45) is 0 Å². The fourth-order valence-corrected chi connectivity index (χ4v) is 2.29. The van der Waals surface area contributed by atoms with E-state index in [-0.39, 0.29) is 12.5 Å². The minimum atomic E-state index is -1.34. The van der Waals surface area contributed by atoms with Gasteiger partial charge in [0.2, 0.25) is 0 Å². The van der Waals surface area contributed by atoms with E-state index in [0.29, 0.717) is 11.3 Å². The molecule has 0 fully saturated rings. The van der Waals surface area contributed by atoms with Crippen molar-refractivity contribution in [2.75, 3.05) is 7.11 Å². The number of carbonyl (C=O) groups is 2. The van der Waals surface area contributed by atoms with Crippen LogP contribution in [0.3, 0.4) is 0 Å². The van der Waals surface area contributed by atoms with Crippen molar-refractivity contribution in [1.29, 1.82) is 0 Å². The van der Waals surface area contributed by atoms with Crippen molar-refractivity contribution < 1.29 is 19.4 Å². The lowest BCUT2D eigenvalue weighted by Crippen LogP contribution is -2.52. The molecule has 1 N–H and O–H groups in total. The number of hydrogen-bond acceptors (Lipinski definition) is 3. The lowest BCUT2D eigenvalue weighted by Gasteiger charge is -2.35. The largest absolute Gasteiger partial charge is 0.497 e. The van der Waals surface area contributed by atoms with Crippen molar-refractivity contribution >= 4 is 11.9 Å². The molecule has 0 aromatic heterocycles. The van der Waals surface area contributed by atoms with Crippen LogP contribution >= 0.6 is 0 Å². The van der Waals surface area contributed by atoms with E-state index < -0.39 is 11.5 Å². The fourth-order valence-electron chi connectivity index (χ4n) is 2.29. The Labute approximate surface area is 141 Å². The van der Waals surface area contributed by atoms with Gasteiger partial charge in [0.1, 0.15) is 11.3 Å². The van der Waals surface area contributed by atoms with Crippen LogP contribution < -0.4 is 4.74 Å². The number of rotatable bonds is 6. The molecule has 0 saturated heterocycles. The van der Waals surface area contributed by atoms with E-state index in [1.165, 1.54) is 18.7 Å². The molecule has 5 heteroatoms. The molecule has 5 nitrogen and oxygen atoms in total. The third-order valence-corrected chi connectivity index (χ3v) is 3.96. The summed E-state index contributed by atoms with van der Waals surface area (Å²) in [7, 11) is 1.58. The second-order valence-electron chi connectivity index (χ2n) is 5.97. The van der Waals surface area contributed by atoms with Crippen molar-refractivity contribution in [3.63, 3.8) is 0 Å². The van der Waals surface area contributed by atoms with Gasteiger partial charge in [0.15, 0.2) is 0 Å². The number of aliphatic carboxylic acids is 1. The SMILES string of the molecule is COc1ccc(CN(C(=O)c2ccccc2)C(C)(C)C(=O)O)cc1. The molecule has 0 aliphatic rings. The van der Waals surface area contributed by atoms with Gasteiger partial charge in [-0.25, -0.2) is 4.79 Å². The molecule has 0 bridgehead atoms. The van der Waals surface area contributed by atoms with Gasteiger partial charge in [-0.1, -0.05) is 30.3 Å². The van der Waals surface area contributed by atoms with Crippen molar-refractivity contribution in [2.45, 2.75) is 25.9 Å². The Hall–Kier alpha value is -2.82. The van der Waals surface area contributed by atoms with Gasteiger partial charge >= 0.3 is 5.97 Å². The predicted molar refractivity (Wildman–Crippen MR) is 91.0 cm³/mol. The van der Waals surface area contributed by atoms with E-state index in [1.807, 2.05) is 18.2 Å². The Bertz CT molecular complexity index is 708. The van der Waals surface area contributed by atoms with Crippen LogP contribution in [0.15, 0.2) is 54.6 Å². The molecular formula is C19H21NO4. The first-order valence-electron chi connectivity index (χ1n) is 7.59. The molecule has 1 amide bonds. The normalized spacial score (nSPS) is 11.0. The van der Waals surface area contributed by atoms with Crippen molar-refractivity contribution in [1.82, 2.24) is 4.90 Å². The summed E-state index contributed by atoms with van der Waals surface area (Å²) in [5, 5.41) is 9.55. The number of ether oxygens (including phenoxy) is 1. The first-order valence-corrected chi connectivity index (χ1v) is 7.59. The van der Waals surface area contributed by atoms with Crippen molar-refractivity contribution in [3.8, 4) is 5.75 Å². The van der Waals surface area contributed by atoms with Gasteiger partial charge in [0.05, 0.1) is 7.11 Å². The average Bonchev–Trinajstić information content (AvgIpc) is 2.60. The van der Waals surface area contributed by atoms with Crippen LogP contribution in [0, 0.1) is 0 Å². The zero-order valence-corrected chi connectivity index (χ0v) is 14.0. The number of benzene rings is 2. The van der Waals surface area contributed by atoms with Crippen LogP contribution in [-0.4, -0.2) is 34.5 Å². The summed E-state index contributed by atoms with van der Waals surface area (Å²) in [5.74, 6) is -0.670. The minimum Gasteiger partial charge on any atom is -0.497 e. The van der Waals surface area contributed by atoms with E-state index >= 15 is 0 Å². The van der Waals surface area contributed by atoms with E-state index in [9.17, 15) is 14.7 Å². The number of nitrogens with zero attached hydrogens (tertiary/aromatic N) is 1. The van der Waals surface area contributed by atoms with Crippen LogP contribution in [0.2, 0.25) is 0 Å². The standard InChI is InChI=1S/C19H21NO4/c1-19(2,18(22)23)20(17(21)15-7-5-4-6-8-15)13-14-9-11-16(24-3)12-10-14/h4-12H,13H2,1-3H3,(H,22,23). The predicted octanol–water partition coefficient (Wildman–Crippen LogP) is 3.20. The highest BCUT2D eigenvalue weighted by Gasteiger charge is 2.38. The summed E-state index contributed by atoms with van der Waals surface area (Å²) in [6, 6.07) is 15.9. The van der Waals surface area contributed by atoms with Crippen LogP contribution in [0.1, 0.15) is 29.8 Å². The Morgan fingerprint density at radius 1 is 1.04 bits per heavy atom. The highest BCUT2D eigenvalue weighted by atomic mass is 16.5. The summed E-state index contributed by atoms with van der Waals surface area (Å²) in [6.07, 6.45) is 0. The van der Waals surface area contributed by atoms with Gasteiger partial charge < -0.3 is 14.7 Å². The third-order valence-electron chi connectivity index (χ3n) is 3.96. The number of carboxylic acids is 1. The van der Waals surface area contributed by atoms with Gasteiger partial charge in [0, 0.05) is 12.1 Å². The Morgan fingerprint density at radius 2 is 1.62 bits per heavy atom. The Morgan fingerprint density at radius 3 is 2.12 bits per heavy atom. The summed E-state index contributed by atoms with van der Waals surface area (Å²) in [4.78, 5) is 25.9. The van der Waals surface area contributed by atoms with E-state index in [1.54, 1.807) is 43.5 Å². The third kappa shape index (κ3) is 3.74. The molecule has 0 aliphatic carbocycles. The van der Waals surface area contributed by atoms with E-state index in [0.717, 1.165) is 5.56 Å². The maximum atomic E-state index is 12.9. The van der Waals surface area contributed by atoms with Crippen LogP contribution in [0.4, 0.5) is 0 Å².